The molecule has 0 unspecified atom stereocenters. The molecule has 0 aromatic carbocycles. The molecule has 1 heterocycles. The van der Waals surface area contributed by atoms with Crippen molar-refractivity contribution in [2.75, 3.05) is 25.5 Å². The standard InChI is InChI=1S/C14H27N5O2/c1-6-8-12-13(19(20)21)14(18(5)16-12)15-9-7-10-17(4)11(2)3/h11,15H,6-10H2,1-5H3. The number of nitro groups is 1. The molecule has 0 bridgehead atoms. The summed E-state index contributed by atoms with van der Waals surface area (Å²) in [7, 11) is 3.82. The third-order valence-corrected chi connectivity index (χ3v) is 3.62. The normalized spacial score (nSPS) is 11.4. The van der Waals surface area contributed by atoms with E-state index in [1.165, 1.54) is 0 Å². The summed E-state index contributed by atoms with van der Waals surface area (Å²) < 4.78 is 1.58. The van der Waals surface area contributed by atoms with Crippen LogP contribution < -0.4 is 5.32 Å². The van der Waals surface area contributed by atoms with E-state index in [2.05, 4.69) is 36.2 Å². The van der Waals surface area contributed by atoms with Gasteiger partial charge in [0.1, 0.15) is 5.69 Å². The number of aryl methyl sites for hydroxylation is 2. The van der Waals surface area contributed by atoms with Crippen LogP contribution in [0.2, 0.25) is 0 Å². The molecule has 0 fully saturated rings. The summed E-state index contributed by atoms with van der Waals surface area (Å²) >= 11 is 0. The van der Waals surface area contributed by atoms with Gasteiger partial charge in [0.25, 0.3) is 0 Å². The Morgan fingerprint density at radius 2 is 2.14 bits per heavy atom. The first-order valence-corrected chi connectivity index (χ1v) is 7.52. The SMILES string of the molecule is CCCc1nn(C)c(NCCCN(C)C(C)C)c1[N+](=O)[O-]. The van der Waals surface area contributed by atoms with Crippen LogP contribution in [0.3, 0.4) is 0 Å². The molecule has 0 saturated heterocycles. The van der Waals surface area contributed by atoms with E-state index >= 15 is 0 Å². The van der Waals surface area contributed by atoms with Gasteiger partial charge in [-0.1, -0.05) is 13.3 Å². The minimum absolute atomic E-state index is 0.122. The predicted molar refractivity (Wildman–Crippen MR) is 84.7 cm³/mol. The quantitative estimate of drug-likeness (QED) is 0.430. The van der Waals surface area contributed by atoms with E-state index in [4.69, 9.17) is 0 Å². The predicted octanol–water partition coefficient (Wildman–Crippen LogP) is 2.42. The zero-order chi connectivity index (χ0) is 16.0. The Bertz CT molecular complexity index is 470. The summed E-state index contributed by atoms with van der Waals surface area (Å²) in [5, 5.41) is 18.7. The maximum atomic E-state index is 11.3. The Kier molecular flexibility index (Phi) is 6.61. The summed E-state index contributed by atoms with van der Waals surface area (Å²) in [5.41, 5.74) is 0.684. The second kappa shape index (κ2) is 7.97. The van der Waals surface area contributed by atoms with E-state index < -0.39 is 0 Å². The van der Waals surface area contributed by atoms with E-state index in [0.717, 1.165) is 19.4 Å². The van der Waals surface area contributed by atoms with Crippen LogP contribution in [0, 0.1) is 10.1 Å². The molecule has 0 radical (unpaired) electrons. The number of nitrogens with one attached hydrogen (secondary N) is 1. The largest absolute Gasteiger partial charge is 0.364 e. The molecule has 0 atom stereocenters. The van der Waals surface area contributed by atoms with E-state index in [1.807, 2.05) is 6.92 Å². The fourth-order valence-electron chi connectivity index (χ4n) is 2.16. The average Bonchev–Trinajstić information content (AvgIpc) is 2.71. The summed E-state index contributed by atoms with van der Waals surface area (Å²) in [6.07, 6.45) is 2.40. The molecule has 1 aromatic rings. The van der Waals surface area contributed by atoms with Gasteiger partial charge in [-0.15, -0.1) is 0 Å². The number of anilines is 1. The number of nitrogens with zero attached hydrogens (tertiary/aromatic N) is 4. The van der Waals surface area contributed by atoms with E-state index in [-0.39, 0.29) is 10.6 Å². The van der Waals surface area contributed by atoms with E-state index in [0.29, 0.717) is 30.5 Å². The smallest absolute Gasteiger partial charge is 0.333 e. The van der Waals surface area contributed by atoms with Crippen molar-refractivity contribution in [3.63, 3.8) is 0 Å². The molecule has 0 aliphatic carbocycles. The third-order valence-electron chi connectivity index (χ3n) is 3.62. The van der Waals surface area contributed by atoms with Crippen molar-refractivity contribution in [3.05, 3.63) is 15.8 Å². The van der Waals surface area contributed by atoms with Crippen LogP contribution in [-0.4, -0.2) is 45.8 Å². The van der Waals surface area contributed by atoms with Crippen molar-refractivity contribution in [1.29, 1.82) is 0 Å². The fraction of sp³-hybridized carbons (Fsp3) is 0.786. The fourth-order valence-corrected chi connectivity index (χ4v) is 2.16. The second-order valence-electron chi connectivity index (χ2n) is 5.63. The van der Waals surface area contributed by atoms with Gasteiger partial charge in [-0.25, -0.2) is 4.68 Å². The molecule has 1 aromatic heterocycles. The molecule has 120 valence electrons. The highest BCUT2D eigenvalue weighted by atomic mass is 16.6. The summed E-state index contributed by atoms with van der Waals surface area (Å²) in [5.74, 6) is 0.510. The average molecular weight is 297 g/mol. The van der Waals surface area contributed by atoms with Gasteiger partial charge < -0.3 is 10.2 Å². The van der Waals surface area contributed by atoms with Crippen molar-refractivity contribution >= 4 is 11.5 Å². The lowest BCUT2D eigenvalue weighted by Crippen LogP contribution is -2.28. The van der Waals surface area contributed by atoms with Crippen molar-refractivity contribution in [3.8, 4) is 0 Å². The van der Waals surface area contributed by atoms with Gasteiger partial charge in [0, 0.05) is 19.6 Å². The summed E-state index contributed by atoms with van der Waals surface area (Å²) in [6, 6.07) is 0.507. The van der Waals surface area contributed by atoms with Crippen LogP contribution in [0.1, 0.15) is 39.3 Å². The maximum Gasteiger partial charge on any atom is 0.333 e. The highest BCUT2D eigenvalue weighted by Gasteiger charge is 2.25. The Labute approximate surface area is 126 Å². The van der Waals surface area contributed by atoms with Gasteiger partial charge >= 0.3 is 5.69 Å². The lowest BCUT2D eigenvalue weighted by molar-refractivity contribution is -0.384. The van der Waals surface area contributed by atoms with E-state index in [1.54, 1.807) is 11.7 Å². The Hall–Kier alpha value is -1.63. The topological polar surface area (TPSA) is 76.2 Å². The molecule has 0 spiro atoms. The molecular weight excluding hydrogens is 270 g/mol. The third kappa shape index (κ3) is 4.70. The molecule has 1 N–H and O–H groups in total. The van der Waals surface area contributed by atoms with Crippen LogP contribution in [-0.2, 0) is 13.5 Å². The zero-order valence-electron chi connectivity index (χ0n) is 13.7. The minimum Gasteiger partial charge on any atom is -0.364 e. The molecule has 0 aliphatic heterocycles. The Balaban J connectivity index is 2.68. The maximum absolute atomic E-state index is 11.3. The number of hydrogen-bond acceptors (Lipinski definition) is 5. The van der Waals surface area contributed by atoms with Gasteiger partial charge in [0.05, 0.1) is 4.92 Å². The van der Waals surface area contributed by atoms with Crippen molar-refractivity contribution in [2.45, 2.75) is 46.1 Å². The molecule has 0 saturated carbocycles. The molecule has 7 heteroatoms. The first kappa shape index (κ1) is 17.4. The van der Waals surface area contributed by atoms with Crippen LogP contribution in [0.5, 0.6) is 0 Å². The van der Waals surface area contributed by atoms with Crippen LogP contribution >= 0.6 is 0 Å². The van der Waals surface area contributed by atoms with Gasteiger partial charge in [0.15, 0.2) is 0 Å². The van der Waals surface area contributed by atoms with Gasteiger partial charge in [-0.2, -0.15) is 5.10 Å². The molecule has 1 rings (SSSR count). The van der Waals surface area contributed by atoms with Crippen LogP contribution in [0.4, 0.5) is 11.5 Å². The first-order valence-electron chi connectivity index (χ1n) is 7.52. The van der Waals surface area contributed by atoms with Gasteiger partial charge in [0.2, 0.25) is 5.82 Å². The number of aromatic nitrogens is 2. The Morgan fingerprint density at radius 3 is 2.67 bits per heavy atom. The molecule has 7 nitrogen and oxygen atoms in total. The van der Waals surface area contributed by atoms with Crippen LogP contribution in [0.25, 0.3) is 0 Å². The van der Waals surface area contributed by atoms with Gasteiger partial charge in [-0.3, -0.25) is 10.1 Å². The second-order valence-corrected chi connectivity index (χ2v) is 5.63. The number of rotatable bonds is 9. The lowest BCUT2D eigenvalue weighted by Gasteiger charge is -2.20. The van der Waals surface area contributed by atoms with Crippen molar-refractivity contribution in [1.82, 2.24) is 14.7 Å². The lowest BCUT2D eigenvalue weighted by atomic mass is 10.2. The molecule has 0 amide bonds. The van der Waals surface area contributed by atoms with Crippen molar-refractivity contribution in [2.24, 2.45) is 7.05 Å². The monoisotopic (exact) mass is 297 g/mol. The van der Waals surface area contributed by atoms with Crippen LogP contribution in [0.15, 0.2) is 0 Å². The number of hydrogen-bond donors (Lipinski definition) is 1. The van der Waals surface area contributed by atoms with E-state index in [9.17, 15) is 10.1 Å². The first-order chi connectivity index (χ1) is 9.88. The molecule has 0 aliphatic rings. The summed E-state index contributed by atoms with van der Waals surface area (Å²) in [4.78, 5) is 13.2. The molecule has 21 heavy (non-hydrogen) atoms. The highest BCUT2D eigenvalue weighted by Crippen LogP contribution is 2.28. The van der Waals surface area contributed by atoms with Gasteiger partial charge in [-0.05, 0) is 40.3 Å². The minimum atomic E-state index is -0.333. The zero-order valence-corrected chi connectivity index (χ0v) is 13.7. The highest BCUT2D eigenvalue weighted by molar-refractivity contribution is 5.59. The summed E-state index contributed by atoms with van der Waals surface area (Å²) in [6.45, 7) is 7.95. The Morgan fingerprint density at radius 1 is 1.48 bits per heavy atom. The van der Waals surface area contributed by atoms with Crippen molar-refractivity contribution < 1.29 is 4.92 Å². The molecular formula is C14H27N5O2.